The van der Waals surface area contributed by atoms with Crippen LogP contribution in [0.2, 0.25) is 0 Å². The molecule has 14 heavy (non-hydrogen) atoms. The maximum atomic E-state index is 2.69. The van der Waals surface area contributed by atoms with E-state index in [2.05, 4.69) is 30.6 Å². The molecule has 0 aromatic rings. The van der Waals surface area contributed by atoms with Gasteiger partial charge in [-0.1, -0.05) is 13.8 Å². The van der Waals surface area contributed by atoms with Crippen LogP contribution < -0.4 is 0 Å². The van der Waals surface area contributed by atoms with Crippen LogP contribution in [0.5, 0.6) is 0 Å². The molecule has 2 aliphatic heterocycles. The van der Waals surface area contributed by atoms with Crippen molar-refractivity contribution in [2.24, 2.45) is 5.92 Å². The zero-order valence-corrected chi connectivity index (χ0v) is 9.87. The lowest BCUT2D eigenvalue weighted by Gasteiger charge is -2.41. The Labute approximate surface area is 88.3 Å². The van der Waals surface area contributed by atoms with Crippen molar-refractivity contribution < 1.29 is 0 Å². The summed E-state index contributed by atoms with van der Waals surface area (Å²) in [7, 11) is 0. The first-order valence-electron chi connectivity index (χ1n) is 6.16. The van der Waals surface area contributed by atoms with Gasteiger partial charge in [-0.3, -0.25) is 9.80 Å². The van der Waals surface area contributed by atoms with E-state index in [4.69, 9.17) is 0 Å². The van der Waals surface area contributed by atoms with E-state index in [9.17, 15) is 0 Å². The van der Waals surface area contributed by atoms with Gasteiger partial charge in [0.25, 0.3) is 0 Å². The number of piperazine rings is 1. The fraction of sp³-hybridized carbons (Fsp3) is 1.00. The second-order valence-electron chi connectivity index (χ2n) is 5.31. The van der Waals surface area contributed by atoms with Crippen molar-refractivity contribution in [1.82, 2.24) is 9.80 Å². The first-order valence-corrected chi connectivity index (χ1v) is 6.16. The van der Waals surface area contributed by atoms with Crippen molar-refractivity contribution in [3.63, 3.8) is 0 Å². The minimum absolute atomic E-state index is 0.762. The molecular weight excluding hydrogens is 172 g/mol. The Balaban J connectivity index is 1.91. The lowest BCUT2D eigenvalue weighted by Crippen LogP contribution is -2.53. The standard InChI is InChI=1S/C12H24N2/c1-10(2)11(3)14-8-7-13-6-4-5-12(13)9-14/h10-12H,4-9H2,1-3H3. The third kappa shape index (κ3) is 1.96. The maximum Gasteiger partial charge on any atom is 0.0224 e. The summed E-state index contributed by atoms with van der Waals surface area (Å²) in [5.41, 5.74) is 0. The molecule has 2 fully saturated rings. The SMILES string of the molecule is CC(C)C(C)N1CCN2CCCC2C1. The Morgan fingerprint density at radius 3 is 2.57 bits per heavy atom. The molecule has 0 saturated carbocycles. The smallest absolute Gasteiger partial charge is 0.0224 e. The summed E-state index contributed by atoms with van der Waals surface area (Å²) < 4.78 is 0. The van der Waals surface area contributed by atoms with E-state index < -0.39 is 0 Å². The van der Waals surface area contributed by atoms with Crippen molar-refractivity contribution in [2.45, 2.75) is 45.7 Å². The fourth-order valence-electron chi connectivity index (χ4n) is 2.81. The molecule has 0 radical (unpaired) electrons. The molecule has 2 unspecified atom stereocenters. The van der Waals surface area contributed by atoms with Crippen LogP contribution in [0.25, 0.3) is 0 Å². The van der Waals surface area contributed by atoms with Crippen LogP contribution in [-0.4, -0.2) is 48.1 Å². The predicted octanol–water partition coefficient (Wildman–Crippen LogP) is 1.81. The van der Waals surface area contributed by atoms with Gasteiger partial charge in [-0.05, 0) is 32.2 Å². The van der Waals surface area contributed by atoms with Crippen molar-refractivity contribution in [1.29, 1.82) is 0 Å². The summed E-state index contributed by atoms with van der Waals surface area (Å²) in [5.74, 6) is 0.794. The molecule has 0 amide bonds. The van der Waals surface area contributed by atoms with Crippen LogP contribution in [0.3, 0.4) is 0 Å². The predicted molar refractivity (Wildman–Crippen MR) is 60.5 cm³/mol. The van der Waals surface area contributed by atoms with E-state index in [0.29, 0.717) is 0 Å². The molecule has 2 saturated heterocycles. The molecule has 2 heterocycles. The zero-order chi connectivity index (χ0) is 10.1. The largest absolute Gasteiger partial charge is 0.298 e. The van der Waals surface area contributed by atoms with Crippen molar-refractivity contribution in [3.05, 3.63) is 0 Å². The Morgan fingerprint density at radius 2 is 1.86 bits per heavy atom. The number of fused-ring (bicyclic) bond motifs is 1. The van der Waals surface area contributed by atoms with E-state index in [1.807, 2.05) is 0 Å². The van der Waals surface area contributed by atoms with Crippen LogP contribution in [0.15, 0.2) is 0 Å². The van der Waals surface area contributed by atoms with Gasteiger partial charge in [0.05, 0.1) is 0 Å². The number of rotatable bonds is 2. The fourth-order valence-corrected chi connectivity index (χ4v) is 2.81. The van der Waals surface area contributed by atoms with Gasteiger partial charge in [0, 0.05) is 31.7 Å². The third-order valence-electron chi connectivity index (χ3n) is 4.16. The number of hydrogen-bond donors (Lipinski definition) is 0. The Hall–Kier alpha value is -0.0800. The maximum absolute atomic E-state index is 2.69. The molecule has 2 atom stereocenters. The number of nitrogens with zero attached hydrogens (tertiary/aromatic N) is 2. The molecule has 0 bridgehead atoms. The summed E-state index contributed by atoms with van der Waals surface area (Å²) >= 11 is 0. The van der Waals surface area contributed by atoms with Gasteiger partial charge >= 0.3 is 0 Å². The van der Waals surface area contributed by atoms with Crippen molar-refractivity contribution >= 4 is 0 Å². The minimum atomic E-state index is 0.762. The zero-order valence-electron chi connectivity index (χ0n) is 9.87. The molecule has 2 nitrogen and oxygen atoms in total. The highest BCUT2D eigenvalue weighted by atomic mass is 15.3. The van der Waals surface area contributed by atoms with Crippen LogP contribution in [0.4, 0.5) is 0 Å². The van der Waals surface area contributed by atoms with Gasteiger partial charge in [0.15, 0.2) is 0 Å². The monoisotopic (exact) mass is 196 g/mol. The topological polar surface area (TPSA) is 6.48 Å². The molecule has 2 heteroatoms. The Kier molecular flexibility index (Phi) is 3.13. The lowest BCUT2D eigenvalue weighted by atomic mass is 10.0. The van der Waals surface area contributed by atoms with Crippen LogP contribution in [-0.2, 0) is 0 Å². The highest BCUT2D eigenvalue weighted by Gasteiger charge is 2.32. The molecule has 0 aromatic heterocycles. The second-order valence-corrected chi connectivity index (χ2v) is 5.31. The van der Waals surface area contributed by atoms with Crippen molar-refractivity contribution in [2.75, 3.05) is 26.2 Å². The van der Waals surface area contributed by atoms with E-state index in [-0.39, 0.29) is 0 Å². The van der Waals surface area contributed by atoms with Crippen LogP contribution >= 0.6 is 0 Å². The highest BCUT2D eigenvalue weighted by molar-refractivity contribution is 4.88. The first-order chi connectivity index (χ1) is 6.68. The van der Waals surface area contributed by atoms with Gasteiger partial charge in [0.1, 0.15) is 0 Å². The average molecular weight is 196 g/mol. The summed E-state index contributed by atoms with van der Waals surface area (Å²) in [6, 6.07) is 1.64. The van der Waals surface area contributed by atoms with Crippen LogP contribution in [0.1, 0.15) is 33.6 Å². The first kappa shape index (κ1) is 10.4. The molecule has 82 valence electrons. The minimum Gasteiger partial charge on any atom is -0.298 e. The Bertz CT molecular complexity index is 191. The molecular formula is C12H24N2. The van der Waals surface area contributed by atoms with Gasteiger partial charge in [0.2, 0.25) is 0 Å². The molecule has 0 N–H and O–H groups in total. The average Bonchev–Trinajstić information content (AvgIpc) is 2.62. The normalized spacial score (nSPS) is 32.1. The van der Waals surface area contributed by atoms with Crippen LogP contribution in [0, 0.1) is 5.92 Å². The highest BCUT2D eigenvalue weighted by Crippen LogP contribution is 2.24. The summed E-state index contributed by atoms with van der Waals surface area (Å²) in [5, 5.41) is 0. The van der Waals surface area contributed by atoms with Gasteiger partial charge in [-0.2, -0.15) is 0 Å². The molecule has 2 rings (SSSR count). The molecule has 0 aliphatic carbocycles. The number of hydrogen-bond acceptors (Lipinski definition) is 2. The summed E-state index contributed by atoms with van der Waals surface area (Å²) in [6.07, 6.45) is 2.86. The molecule has 0 aromatic carbocycles. The van der Waals surface area contributed by atoms with E-state index >= 15 is 0 Å². The Morgan fingerprint density at radius 1 is 1.07 bits per heavy atom. The van der Waals surface area contributed by atoms with Gasteiger partial charge < -0.3 is 0 Å². The second kappa shape index (κ2) is 4.19. The molecule has 0 spiro atoms. The van der Waals surface area contributed by atoms with Gasteiger partial charge in [-0.25, -0.2) is 0 Å². The van der Waals surface area contributed by atoms with E-state index in [1.54, 1.807) is 0 Å². The lowest BCUT2D eigenvalue weighted by molar-refractivity contribution is 0.0616. The van der Waals surface area contributed by atoms with E-state index in [1.165, 1.54) is 39.0 Å². The van der Waals surface area contributed by atoms with E-state index in [0.717, 1.165) is 18.0 Å². The third-order valence-corrected chi connectivity index (χ3v) is 4.16. The molecule has 2 aliphatic rings. The summed E-state index contributed by atoms with van der Waals surface area (Å²) in [6.45, 7) is 12.3. The quantitative estimate of drug-likeness (QED) is 0.664. The summed E-state index contributed by atoms with van der Waals surface area (Å²) in [4.78, 5) is 5.38. The van der Waals surface area contributed by atoms with Crippen molar-refractivity contribution in [3.8, 4) is 0 Å². The van der Waals surface area contributed by atoms with Gasteiger partial charge in [-0.15, -0.1) is 0 Å².